The van der Waals surface area contributed by atoms with Crippen LogP contribution in [0.5, 0.6) is 0 Å². The van der Waals surface area contributed by atoms with Gasteiger partial charge in [0.1, 0.15) is 40.9 Å². The summed E-state index contributed by atoms with van der Waals surface area (Å²) in [5.74, 6) is -4.64. The SMILES string of the molecule is CC(C)(C#Cc1nc([C@H](Cc2cc(F)cc(F)c2)NC(=O)Cn2nc(C(F)(F)F)c3c2C(F)(F)C2C[C@H]32)c(-c2ccc(Cl)c3c(NS(C)(=O)=O)nn(CC(F)F)c23)cc1I)S(=O)(=O)C1CC1. The summed E-state index contributed by atoms with van der Waals surface area (Å²) in [5, 5.41) is 9.08. The van der Waals surface area contributed by atoms with Crippen molar-refractivity contribution in [3.05, 3.63) is 90.5 Å². The van der Waals surface area contributed by atoms with Crippen LogP contribution in [0.2, 0.25) is 5.02 Å². The van der Waals surface area contributed by atoms with Gasteiger partial charge in [0.15, 0.2) is 21.3 Å². The van der Waals surface area contributed by atoms with Crippen molar-refractivity contribution in [3.63, 3.8) is 0 Å². The summed E-state index contributed by atoms with van der Waals surface area (Å²) in [5.41, 5.74) is -4.18. The number of fused-ring (bicyclic) bond motifs is 4. The molecule has 3 aromatic heterocycles. The number of sulfonamides is 1. The highest BCUT2D eigenvalue weighted by atomic mass is 127. The number of alkyl halides is 7. The fourth-order valence-corrected chi connectivity index (χ4v) is 11.4. The number of halogens is 11. The number of pyridine rings is 1. The number of rotatable bonds is 13. The lowest BCUT2D eigenvalue weighted by molar-refractivity contribution is -0.142. The molecule has 25 heteroatoms. The minimum atomic E-state index is -5.16. The molecule has 8 rings (SSSR count). The van der Waals surface area contributed by atoms with E-state index in [2.05, 4.69) is 32.1 Å². The number of carbonyl (C=O) groups excluding carboxylic acids is 1. The van der Waals surface area contributed by atoms with Crippen LogP contribution in [-0.2, 0) is 56.3 Å². The number of amides is 1. The first-order valence-electron chi connectivity index (χ1n) is 19.8. The molecule has 2 saturated carbocycles. The van der Waals surface area contributed by atoms with E-state index in [1.54, 1.807) is 22.6 Å². The standard InChI is InChI=1S/C41H34ClF9IN7O5S2/c1-39(2,66(63,64)21-4-5-21)9-8-28-27(52)15-23(22-6-7-26(42)33-35(22)58(16-30(45)46)56-38(33)57-65(3,61)62)34(54-28)29(12-18-10-19(43)13-20(44)11-18)53-31(60)17-59-37-32(36(55-59)41(49,50)51)24-14-25(24)40(37,47)48/h6-7,10-11,13,15,21,24-25,29-30H,4-5,12,14,16-17H2,1-3H3,(H,53,60)(H,56,57)/t24-,25?,29-/m0/s1. The van der Waals surface area contributed by atoms with Crippen LogP contribution >= 0.6 is 34.2 Å². The van der Waals surface area contributed by atoms with Gasteiger partial charge < -0.3 is 5.32 Å². The van der Waals surface area contributed by atoms with Crippen molar-refractivity contribution in [2.75, 3.05) is 11.0 Å². The summed E-state index contributed by atoms with van der Waals surface area (Å²) in [6.45, 7) is 0.439. The predicted molar refractivity (Wildman–Crippen MR) is 231 cm³/mol. The molecule has 12 nitrogen and oxygen atoms in total. The molecule has 352 valence electrons. The number of anilines is 1. The first-order chi connectivity index (χ1) is 30.6. The molecule has 2 fully saturated rings. The van der Waals surface area contributed by atoms with Crippen molar-refractivity contribution in [1.82, 2.24) is 29.9 Å². The summed E-state index contributed by atoms with van der Waals surface area (Å²) in [7, 11) is -7.90. The molecule has 66 heavy (non-hydrogen) atoms. The third-order valence-corrected chi connectivity index (χ3v) is 16.0. The van der Waals surface area contributed by atoms with Crippen molar-refractivity contribution in [1.29, 1.82) is 0 Å². The van der Waals surface area contributed by atoms with Crippen LogP contribution in [0.25, 0.3) is 22.0 Å². The molecular weight excluding hydrogens is 1070 g/mol. The van der Waals surface area contributed by atoms with Gasteiger partial charge in [0, 0.05) is 32.2 Å². The average molecular weight is 1100 g/mol. The van der Waals surface area contributed by atoms with E-state index in [-0.39, 0.29) is 58.7 Å². The van der Waals surface area contributed by atoms with Gasteiger partial charge in [0.2, 0.25) is 15.9 Å². The smallest absolute Gasteiger partial charge is 0.346 e. The van der Waals surface area contributed by atoms with E-state index in [0.717, 1.165) is 23.1 Å². The Kier molecular flexibility index (Phi) is 12.0. The van der Waals surface area contributed by atoms with Crippen LogP contribution in [0.15, 0.2) is 36.4 Å². The van der Waals surface area contributed by atoms with E-state index in [9.17, 15) is 52.4 Å². The van der Waals surface area contributed by atoms with Gasteiger partial charge in [-0.15, -0.1) is 0 Å². The van der Waals surface area contributed by atoms with Gasteiger partial charge in [-0.25, -0.2) is 39.4 Å². The molecule has 2 aromatic carbocycles. The molecule has 0 spiro atoms. The van der Waals surface area contributed by atoms with E-state index >= 15 is 8.78 Å². The molecule has 3 aliphatic carbocycles. The minimum Gasteiger partial charge on any atom is -0.346 e. The van der Waals surface area contributed by atoms with Crippen molar-refractivity contribution in [3.8, 4) is 23.0 Å². The van der Waals surface area contributed by atoms with Gasteiger partial charge >= 0.3 is 6.18 Å². The van der Waals surface area contributed by atoms with Gasteiger partial charge in [0.05, 0.1) is 39.2 Å². The third kappa shape index (κ3) is 9.07. The quantitative estimate of drug-likeness (QED) is 0.0676. The third-order valence-electron chi connectivity index (χ3n) is 11.4. The highest BCUT2D eigenvalue weighted by Crippen LogP contribution is 2.68. The summed E-state index contributed by atoms with van der Waals surface area (Å²) in [4.78, 5) is 18.9. The van der Waals surface area contributed by atoms with Crippen LogP contribution in [-0.4, -0.2) is 70.0 Å². The summed E-state index contributed by atoms with van der Waals surface area (Å²) in [6, 6.07) is 4.71. The zero-order valence-electron chi connectivity index (χ0n) is 34.3. The number of hydrogen-bond donors (Lipinski definition) is 2. The van der Waals surface area contributed by atoms with Crippen molar-refractivity contribution >= 4 is 76.7 Å². The number of nitrogens with one attached hydrogen (secondary N) is 2. The lowest BCUT2D eigenvalue weighted by atomic mass is 9.93. The van der Waals surface area contributed by atoms with Gasteiger partial charge in [-0.2, -0.15) is 32.1 Å². The molecule has 0 bridgehead atoms. The van der Waals surface area contributed by atoms with E-state index in [1.165, 1.54) is 32.0 Å². The first kappa shape index (κ1) is 47.9. The maximum Gasteiger partial charge on any atom is 0.435 e. The Labute approximate surface area is 389 Å². The van der Waals surface area contributed by atoms with Gasteiger partial charge in [-0.3, -0.25) is 18.9 Å². The summed E-state index contributed by atoms with van der Waals surface area (Å²) >= 11 is 8.38. The second-order valence-corrected chi connectivity index (χ2v) is 22.9. The van der Waals surface area contributed by atoms with Crippen molar-refractivity contribution < 1.29 is 61.1 Å². The highest BCUT2D eigenvalue weighted by molar-refractivity contribution is 14.1. The van der Waals surface area contributed by atoms with Crippen LogP contribution in [0.3, 0.4) is 0 Å². The molecule has 3 heterocycles. The largest absolute Gasteiger partial charge is 0.435 e. The normalized spacial score (nSPS) is 18.5. The Hall–Kier alpha value is -4.61. The molecule has 2 N–H and O–H groups in total. The second-order valence-electron chi connectivity index (χ2n) is 16.8. The maximum absolute atomic E-state index is 15.5. The Morgan fingerprint density at radius 2 is 1.68 bits per heavy atom. The zero-order valence-corrected chi connectivity index (χ0v) is 38.9. The number of hydrogen-bond acceptors (Lipinski definition) is 8. The highest BCUT2D eigenvalue weighted by Gasteiger charge is 2.68. The topological polar surface area (TPSA) is 158 Å². The van der Waals surface area contributed by atoms with E-state index in [4.69, 9.17) is 16.6 Å². The molecule has 3 atom stereocenters. The number of aromatic nitrogens is 5. The van der Waals surface area contributed by atoms with Gasteiger partial charge in [-0.1, -0.05) is 23.6 Å². The number of benzene rings is 2. The minimum absolute atomic E-state index is 0.0380. The second kappa shape index (κ2) is 16.6. The fourth-order valence-electron chi connectivity index (χ4n) is 8.31. The fraction of sp³-hybridized carbons (Fsp3) is 0.415. The van der Waals surface area contributed by atoms with Gasteiger partial charge in [-0.05, 0) is 104 Å². The molecule has 0 saturated heterocycles. The average Bonchev–Trinajstić information content (AvgIpc) is 4.10. The number of nitrogens with zero attached hydrogens (tertiary/aromatic N) is 5. The number of carbonyl (C=O) groups is 1. The van der Waals surface area contributed by atoms with Crippen molar-refractivity contribution in [2.24, 2.45) is 5.92 Å². The Bertz CT molecular complexity index is 3130. The zero-order chi connectivity index (χ0) is 48.2. The van der Waals surface area contributed by atoms with Gasteiger partial charge in [0.25, 0.3) is 12.3 Å². The van der Waals surface area contributed by atoms with Crippen LogP contribution < -0.4 is 10.0 Å². The molecular formula is C41H34ClF9IN7O5S2. The Morgan fingerprint density at radius 1 is 1.02 bits per heavy atom. The lowest BCUT2D eigenvalue weighted by Gasteiger charge is -2.24. The first-order valence-corrected chi connectivity index (χ1v) is 24.7. The molecule has 0 radical (unpaired) electrons. The molecule has 1 amide bonds. The van der Waals surface area contributed by atoms with E-state index < -0.39 is 126 Å². The van der Waals surface area contributed by atoms with Crippen molar-refractivity contribution in [2.45, 2.75) is 93.1 Å². The predicted octanol–water partition coefficient (Wildman–Crippen LogP) is 8.50. The monoisotopic (exact) mass is 1100 g/mol. The molecule has 5 aromatic rings. The molecule has 0 aliphatic heterocycles. The van der Waals surface area contributed by atoms with Crippen LogP contribution in [0.1, 0.15) is 79.0 Å². The summed E-state index contributed by atoms with van der Waals surface area (Å²) in [6.07, 6.45) is -7.39. The van der Waals surface area contributed by atoms with Crippen LogP contribution in [0.4, 0.5) is 45.3 Å². The maximum atomic E-state index is 15.5. The Morgan fingerprint density at radius 3 is 2.29 bits per heavy atom. The Balaban J connectivity index is 1.34. The summed E-state index contributed by atoms with van der Waals surface area (Å²) < 4.78 is 185. The lowest BCUT2D eigenvalue weighted by Crippen LogP contribution is -2.35. The van der Waals surface area contributed by atoms with E-state index in [1.807, 2.05) is 0 Å². The molecule has 1 unspecified atom stereocenters. The number of sulfone groups is 1. The van der Waals surface area contributed by atoms with Crippen LogP contribution in [0, 0.1) is 33.0 Å². The van der Waals surface area contributed by atoms with E-state index in [0.29, 0.717) is 18.9 Å². The molecule has 3 aliphatic rings.